The Kier molecular flexibility index (Phi) is 2.84. The van der Waals surface area contributed by atoms with Crippen molar-refractivity contribution in [2.24, 2.45) is 0 Å². The van der Waals surface area contributed by atoms with E-state index in [1.165, 1.54) is 11.1 Å². The Morgan fingerprint density at radius 3 is 2.24 bits per heavy atom. The summed E-state index contributed by atoms with van der Waals surface area (Å²) in [6.45, 7) is 8.06. The Labute approximate surface area is 101 Å². The summed E-state index contributed by atoms with van der Waals surface area (Å²) in [5.74, 6) is 0. The van der Waals surface area contributed by atoms with Crippen molar-refractivity contribution in [3.05, 3.63) is 51.1 Å². The lowest BCUT2D eigenvalue weighted by molar-refractivity contribution is 1.03. The number of H-pyrrole nitrogens is 1. The van der Waals surface area contributed by atoms with Gasteiger partial charge in [-0.15, -0.1) is 0 Å². The second-order valence-corrected chi connectivity index (χ2v) is 4.51. The molecule has 0 saturated heterocycles. The predicted octanol–water partition coefficient (Wildman–Crippen LogP) is 2.67. The third kappa shape index (κ3) is 2.28. The zero-order chi connectivity index (χ0) is 12.6. The molecule has 0 atom stereocenters. The molecule has 1 aromatic heterocycles. The lowest BCUT2D eigenvalue weighted by Gasteiger charge is -2.09. The molecule has 0 amide bonds. The van der Waals surface area contributed by atoms with Crippen LogP contribution < -0.4 is 5.69 Å². The van der Waals surface area contributed by atoms with Gasteiger partial charge in [0, 0.05) is 11.3 Å². The molecule has 88 valence electrons. The number of hydrogen-bond donors (Lipinski definition) is 1. The average molecular weight is 228 g/mol. The summed E-state index contributed by atoms with van der Waals surface area (Å²) in [5.41, 5.74) is 5.92. The van der Waals surface area contributed by atoms with Crippen LogP contribution in [-0.2, 0) is 0 Å². The van der Waals surface area contributed by atoms with Crippen LogP contribution in [0.15, 0.2) is 23.0 Å². The van der Waals surface area contributed by atoms with E-state index in [1.807, 2.05) is 19.9 Å². The topological polar surface area (TPSA) is 45.8 Å². The van der Waals surface area contributed by atoms with Crippen LogP contribution in [0.25, 0.3) is 11.3 Å². The molecule has 0 aliphatic heterocycles. The summed E-state index contributed by atoms with van der Waals surface area (Å²) >= 11 is 0. The van der Waals surface area contributed by atoms with Gasteiger partial charge in [0.15, 0.2) is 0 Å². The molecule has 0 radical (unpaired) electrons. The summed E-state index contributed by atoms with van der Waals surface area (Å²) in [6, 6.07) is 6.12. The van der Waals surface area contributed by atoms with Gasteiger partial charge in [0.05, 0.1) is 5.69 Å². The Balaban J connectivity index is 2.68. The van der Waals surface area contributed by atoms with E-state index < -0.39 is 0 Å². The minimum Gasteiger partial charge on any atom is -0.310 e. The summed E-state index contributed by atoms with van der Waals surface area (Å²) in [7, 11) is 0. The fraction of sp³-hybridized carbons (Fsp3) is 0.286. The molecule has 0 aliphatic carbocycles. The number of aromatic nitrogens is 2. The molecule has 3 nitrogen and oxygen atoms in total. The number of benzene rings is 1. The number of rotatable bonds is 1. The largest absolute Gasteiger partial charge is 0.345 e. The monoisotopic (exact) mass is 228 g/mol. The van der Waals surface area contributed by atoms with Gasteiger partial charge in [0.25, 0.3) is 0 Å². The molecule has 1 aromatic carbocycles. The summed E-state index contributed by atoms with van der Waals surface area (Å²) < 4.78 is 0. The first-order chi connectivity index (χ1) is 7.97. The van der Waals surface area contributed by atoms with Crippen molar-refractivity contribution in [3.8, 4) is 11.3 Å². The van der Waals surface area contributed by atoms with Gasteiger partial charge in [-0.3, -0.25) is 0 Å². The van der Waals surface area contributed by atoms with Gasteiger partial charge in [-0.25, -0.2) is 4.79 Å². The van der Waals surface area contributed by atoms with Crippen LogP contribution in [0, 0.1) is 27.7 Å². The van der Waals surface area contributed by atoms with E-state index in [9.17, 15) is 4.79 Å². The molecule has 0 spiro atoms. The molecule has 17 heavy (non-hydrogen) atoms. The van der Waals surface area contributed by atoms with Crippen LogP contribution in [0.1, 0.15) is 22.4 Å². The van der Waals surface area contributed by atoms with Gasteiger partial charge >= 0.3 is 5.69 Å². The smallest absolute Gasteiger partial charge is 0.310 e. The second kappa shape index (κ2) is 4.17. The van der Waals surface area contributed by atoms with Crippen LogP contribution in [0.2, 0.25) is 0 Å². The molecule has 2 rings (SSSR count). The van der Waals surface area contributed by atoms with E-state index in [2.05, 4.69) is 35.9 Å². The second-order valence-electron chi connectivity index (χ2n) is 4.51. The van der Waals surface area contributed by atoms with Crippen molar-refractivity contribution in [2.75, 3.05) is 0 Å². The quantitative estimate of drug-likeness (QED) is 0.815. The van der Waals surface area contributed by atoms with Crippen LogP contribution in [0.4, 0.5) is 0 Å². The maximum absolute atomic E-state index is 11.4. The van der Waals surface area contributed by atoms with E-state index in [0.29, 0.717) is 0 Å². The zero-order valence-electron chi connectivity index (χ0n) is 10.6. The SMILES string of the molecule is Cc1cc(-c2cc(C)c(C)cc2C)nc(=O)[nH]1. The molecule has 0 saturated carbocycles. The molecular weight excluding hydrogens is 212 g/mol. The van der Waals surface area contributed by atoms with Gasteiger partial charge in [0.2, 0.25) is 0 Å². The number of aromatic amines is 1. The van der Waals surface area contributed by atoms with Gasteiger partial charge < -0.3 is 4.98 Å². The van der Waals surface area contributed by atoms with Gasteiger partial charge in [-0.2, -0.15) is 4.98 Å². The first-order valence-corrected chi connectivity index (χ1v) is 5.63. The van der Waals surface area contributed by atoms with Crippen LogP contribution in [0.5, 0.6) is 0 Å². The number of aryl methyl sites for hydroxylation is 4. The van der Waals surface area contributed by atoms with Crippen molar-refractivity contribution >= 4 is 0 Å². The Morgan fingerprint density at radius 2 is 1.59 bits per heavy atom. The lowest BCUT2D eigenvalue weighted by Crippen LogP contribution is -2.12. The van der Waals surface area contributed by atoms with E-state index in [0.717, 1.165) is 22.5 Å². The van der Waals surface area contributed by atoms with Crippen molar-refractivity contribution in [1.29, 1.82) is 0 Å². The zero-order valence-corrected chi connectivity index (χ0v) is 10.6. The highest BCUT2D eigenvalue weighted by Crippen LogP contribution is 2.24. The van der Waals surface area contributed by atoms with Crippen molar-refractivity contribution < 1.29 is 0 Å². The highest BCUT2D eigenvalue weighted by molar-refractivity contribution is 5.65. The molecule has 0 unspecified atom stereocenters. The van der Waals surface area contributed by atoms with Crippen LogP contribution >= 0.6 is 0 Å². The fourth-order valence-electron chi connectivity index (χ4n) is 1.95. The highest BCUT2D eigenvalue weighted by Gasteiger charge is 2.07. The highest BCUT2D eigenvalue weighted by atomic mass is 16.1. The minimum absolute atomic E-state index is 0.294. The van der Waals surface area contributed by atoms with E-state index in [-0.39, 0.29) is 5.69 Å². The van der Waals surface area contributed by atoms with Crippen molar-refractivity contribution in [2.45, 2.75) is 27.7 Å². The first-order valence-electron chi connectivity index (χ1n) is 5.63. The molecule has 0 fully saturated rings. The standard InChI is InChI=1S/C14H16N2O/c1-8-5-10(3)12(6-9(8)2)13-7-11(4)15-14(17)16-13/h5-7H,1-4H3,(H,15,16,17). The molecular formula is C14H16N2O. The molecule has 1 heterocycles. The predicted molar refractivity (Wildman–Crippen MR) is 69.2 cm³/mol. The maximum atomic E-state index is 11.4. The van der Waals surface area contributed by atoms with Crippen LogP contribution in [0.3, 0.4) is 0 Å². The minimum atomic E-state index is -0.294. The molecule has 0 aliphatic rings. The lowest BCUT2D eigenvalue weighted by atomic mass is 9.98. The van der Waals surface area contributed by atoms with Gasteiger partial charge in [-0.1, -0.05) is 6.07 Å². The van der Waals surface area contributed by atoms with E-state index in [1.54, 1.807) is 0 Å². The summed E-state index contributed by atoms with van der Waals surface area (Å²) in [4.78, 5) is 18.1. The van der Waals surface area contributed by atoms with Gasteiger partial charge in [-0.05, 0) is 56.5 Å². The fourth-order valence-corrected chi connectivity index (χ4v) is 1.95. The van der Waals surface area contributed by atoms with Crippen molar-refractivity contribution in [3.63, 3.8) is 0 Å². The van der Waals surface area contributed by atoms with Crippen LogP contribution in [-0.4, -0.2) is 9.97 Å². The van der Waals surface area contributed by atoms with E-state index >= 15 is 0 Å². The third-order valence-corrected chi connectivity index (χ3v) is 3.00. The van der Waals surface area contributed by atoms with Crippen molar-refractivity contribution in [1.82, 2.24) is 9.97 Å². The van der Waals surface area contributed by atoms with E-state index in [4.69, 9.17) is 0 Å². The Hall–Kier alpha value is -1.90. The molecule has 3 heteroatoms. The molecule has 1 N–H and O–H groups in total. The normalized spacial score (nSPS) is 10.6. The number of hydrogen-bond acceptors (Lipinski definition) is 2. The third-order valence-electron chi connectivity index (χ3n) is 3.00. The first kappa shape index (κ1) is 11.6. The summed E-state index contributed by atoms with van der Waals surface area (Å²) in [5, 5.41) is 0. The molecule has 0 bridgehead atoms. The number of nitrogens with zero attached hydrogens (tertiary/aromatic N) is 1. The molecule has 2 aromatic rings. The number of nitrogens with one attached hydrogen (secondary N) is 1. The average Bonchev–Trinajstić information content (AvgIpc) is 2.22. The Bertz CT molecular complexity index is 627. The summed E-state index contributed by atoms with van der Waals surface area (Å²) in [6.07, 6.45) is 0. The maximum Gasteiger partial charge on any atom is 0.345 e. The Morgan fingerprint density at radius 1 is 0.941 bits per heavy atom. The van der Waals surface area contributed by atoms with Gasteiger partial charge in [0.1, 0.15) is 0 Å².